The zero-order valence-electron chi connectivity index (χ0n) is 16.4. The Morgan fingerprint density at radius 2 is 1.77 bits per heavy atom. The van der Waals surface area contributed by atoms with Gasteiger partial charge in [-0.3, -0.25) is 14.2 Å². The number of aromatic nitrogens is 2. The lowest BCUT2D eigenvalue weighted by atomic mass is 10.2. The summed E-state index contributed by atoms with van der Waals surface area (Å²) in [5, 5.41) is 3.26. The Kier molecular flexibility index (Phi) is 6.53. The van der Waals surface area contributed by atoms with Crippen molar-refractivity contribution in [3.05, 3.63) is 72.1 Å². The van der Waals surface area contributed by atoms with Crippen molar-refractivity contribution in [2.24, 2.45) is 5.73 Å². The topological polar surface area (TPSA) is 116 Å². The summed E-state index contributed by atoms with van der Waals surface area (Å²) in [6, 6.07) is 15.4. The number of nitrogens with two attached hydrogens (primary N) is 1. The van der Waals surface area contributed by atoms with Crippen LogP contribution in [0, 0.1) is 0 Å². The minimum atomic E-state index is -1.05. The monoisotopic (exact) mass is 424 g/mol. The third-order valence-electron chi connectivity index (χ3n) is 4.23. The van der Waals surface area contributed by atoms with Crippen LogP contribution in [0.4, 0.5) is 5.69 Å². The van der Waals surface area contributed by atoms with Crippen molar-refractivity contribution < 1.29 is 19.1 Å². The fourth-order valence-electron chi connectivity index (χ4n) is 2.69. The second kappa shape index (κ2) is 9.27. The summed E-state index contributed by atoms with van der Waals surface area (Å²) in [4.78, 5) is 40.5. The highest BCUT2D eigenvalue weighted by atomic mass is 32.2. The zero-order chi connectivity index (χ0) is 21.7. The third kappa shape index (κ3) is 4.69. The number of hydrogen-bond donors (Lipinski definition) is 2. The number of nitrogens with one attached hydrogen (secondary N) is 1. The van der Waals surface area contributed by atoms with Gasteiger partial charge in [0, 0.05) is 16.9 Å². The van der Waals surface area contributed by atoms with Gasteiger partial charge in [0.1, 0.15) is 0 Å². The number of hydrogen-bond acceptors (Lipinski definition) is 6. The summed E-state index contributed by atoms with van der Waals surface area (Å²) in [6.07, 6.45) is 2.23. The molecule has 0 bridgehead atoms. The number of anilines is 1. The van der Waals surface area contributed by atoms with E-state index in [9.17, 15) is 14.4 Å². The SMILES string of the molecule is CSc1ncc(C(=O)O[C@@H](C)C(=O)Nc2ccc(C(N)=O)cc2)n1-c1ccccc1. The van der Waals surface area contributed by atoms with Crippen molar-refractivity contribution in [2.45, 2.75) is 18.2 Å². The Bertz CT molecular complexity index is 1060. The molecule has 0 aliphatic rings. The molecule has 9 heteroatoms. The van der Waals surface area contributed by atoms with Crippen LogP contribution >= 0.6 is 11.8 Å². The predicted molar refractivity (Wildman–Crippen MR) is 114 cm³/mol. The van der Waals surface area contributed by atoms with Gasteiger partial charge < -0.3 is 15.8 Å². The zero-order valence-corrected chi connectivity index (χ0v) is 17.2. The second-order valence-electron chi connectivity index (χ2n) is 6.28. The Balaban J connectivity index is 1.72. The van der Waals surface area contributed by atoms with Crippen LogP contribution in [0.1, 0.15) is 27.8 Å². The number of amides is 2. The number of carbonyl (C=O) groups is 3. The maximum atomic E-state index is 12.7. The van der Waals surface area contributed by atoms with Crippen LogP contribution in [0.25, 0.3) is 5.69 Å². The van der Waals surface area contributed by atoms with Gasteiger partial charge in [0.25, 0.3) is 5.91 Å². The molecule has 154 valence electrons. The van der Waals surface area contributed by atoms with E-state index < -0.39 is 23.9 Å². The molecule has 1 atom stereocenters. The Morgan fingerprint density at radius 3 is 2.37 bits per heavy atom. The molecule has 0 aliphatic heterocycles. The number of para-hydroxylation sites is 1. The molecule has 0 saturated heterocycles. The van der Waals surface area contributed by atoms with E-state index in [-0.39, 0.29) is 5.69 Å². The number of primary amides is 1. The molecule has 3 rings (SSSR count). The Labute approximate surface area is 177 Å². The van der Waals surface area contributed by atoms with Crippen LogP contribution in [0.5, 0.6) is 0 Å². The second-order valence-corrected chi connectivity index (χ2v) is 7.05. The Morgan fingerprint density at radius 1 is 1.10 bits per heavy atom. The Hall–Kier alpha value is -3.59. The average Bonchev–Trinajstić information content (AvgIpc) is 3.19. The van der Waals surface area contributed by atoms with Gasteiger partial charge in [0.2, 0.25) is 5.91 Å². The number of carbonyl (C=O) groups excluding carboxylic acids is 3. The first-order valence-corrected chi connectivity index (χ1v) is 10.2. The van der Waals surface area contributed by atoms with E-state index in [1.807, 2.05) is 36.6 Å². The molecule has 8 nitrogen and oxygen atoms in total. The number of nitrogens with zero attached hydrogens (tertiary/aromatic N) is 2. The maximum Gasteiger partial charge on any atom is 0.357 e. The summed E-state index contributed by atoms with van der Waals surface area (Å²) >= 11 is 1.39. The lowest BCUT2D eigenvalue weighted by Gasteiger charge is -2.15. The smallest absolute Gasteiger partial charge is 0.357 e. The minimum absolute atomic E-state index is 0.219. The summed E-state index contributed by atoms with van der Waals surface area (Å²) in [5.74, 6) is -1.74. The van der Waals surface area contributed by atoms with Crippen molar-refractivity contribution in [1.82, 2.24) is 9.55 Å². The van der Waals surface area contributed by atoms with Gasteiger partial charge in [-0.2, -0.15) is 0 Å². The first-order valence-electron chi connectivity index (χ1n) is 8.99. The van der Waals surface area contributed by atoms with E-state index in [0.717, 1.165) is 5.69 Å². The lowest BCUT2D eigenvalue weighted by molar-refractivity contribution is -0.123. The van der Waals surface area contributed by atoms with Crippen LogP contribution in [-0.4, -0.2) is 39.7 Å². The van der Waals surface area contributed by atoms with E-state index in [1.54, 1.807) is 16.7 Å². The van der Waals surface area contributed by atoms with Crippen LogP contribution in [0.3, 0.4) is 0 Å². The van der Waals surface area contributed by atoms with E-state index in [2.05, 4.69) is 10.3 Å². The molecule has 1 aromatic heterocycles. The number of esters is 1. The van der Waals surface area contributed by atoms with Crippen molar-refractivity contribution >= 4 is 35.2 Å². The van der Waals surface area contributed by atoms with Gasteiger partial charge in [0.05, 0.1) is 6.20 Å². The minimum Gasteiger partial charge on any atom is -0.448 e. The molecule has 0 spiro atoms. The van der Waals surface area contributed by atoms with E-state index in [1.165, 1.54) is 37.0 Å². The molecule has 1 heterocycles. The number of ether oxygens (including phenoxy) is 1. The molecule has 0 saturated carbocycles. The van der Waals surface area contributed by atoms with Gasteiger partial charge in [-0.25, -0.2) is 9.78 Å². The molecular weight excluding hydrogens is 404 g/mol. The molecule has 0 unspecified atom stereocenters. The normalized spacial score (nSPS) is 11.5. The fourth-order valence-corrected chi connectivity index (χ4v) is 3.23. The molecule has 0 fully saturated rings. The molecule has 3 N–H and O–H groups in total. The summed E-state index contributed by atoms with van der Waals surface area (Å²) < 4.78 is 7.04. The van der Waals surface area contributed by atoms with Crippen molar-refractivity contribution in [3.8, 4) is 5.69 Å². The van der Waals surface area contributed by atoms with Gasteiger partial charge >= 0.3 is 5.97 Å². The number of thioether (sulfide) groups is 1. The number of imidazole rings is 1. The maximum absolute atomic E-state index is 12.7. The van der Waals surface area contributed by atoms with Gasteiger partial charge in [0.15, 0.2) is 17.0 Å². The molecule has 0 radical (unpaired) electrons. The molecular formula is C21H20N4O4S. The van der Waals surface area contributed by atoms with Gasteiger partial charge in [-0.15, -0.1) is 0 Å². The van der Waals surface area contributed by atoms with Crippen molar-refractivity contribution in [3.63, 3.8) is 0 Å². The highest BCUT2D eigenvalue weighted by molar-refractivity contribution is 7.98. The summed E-state index contributed by atoms with van der Waals surface area (Å²) in [7, 11) is 0. The van der Waals surface area contributed by atoms with E-state index in [4.69, 9.17) is 10.5 Å². The third-order valence-corrected chi connectivity index (χ3v) is 4.88. The molecule has 0 aliphatic carbocycles. The van der Waals surface area contributed by atoms with Crippen LogP contribution < -0.4 is 11.1 Å². The highest BCUT2D eigenvalue weighted by Crippen LogP contribution is 2.22. The van der Waals surface area contributed by atoms with Gasteiger partial charge in [-0.1, -0.05) is 30.0 Å². The first kappa shape index (κ1) is 21.1. The lowest BCUT2D eigenvalue weighted by Crippen LogP contribution is -2.30. The first-order chi connectivity index (χ1) is 14.4. The average molecular weight is 424 g/mol. The van der Waals surface area contributed by atoms with E-state index in [0.29, 0.717) is 16.4 Å². The van der Waals surface area contributed by atoms with Gasteiger partial charge in [-0.05, 0) is 49.6 Å². The summed E-state index contributed by atoms with van der Waals surface area (Å²) in [5.41, 5.74) is 6.95. The van der Waals surface area contributed by atoms with Crippen molar-refractivity contribution in [1.29, 1.82) is 0 Å². The molecule has 2 aromatic carbocycles. The number of rotatable bonds is 7. The summed E-state index contributed by atoms with van der Waals surface area (Å²) in [6.45, 7) is 1.48. The largest absolute Gasteiger partial charge is 0.448 e. The van der Waals surface area contributed by atoms with Crippen LogP contribution in [-0.2, 0) is 9.53 Å². The van der Waals surface area contributed by atoms with Crippen LogP contribution in [0.2, 0.25) is 0 Å². The van der Waals surface area contributed by atoms with Crippen molar-refractivity contribution in [2.75, 3.05) is 11.6 Å². The standard InChI is InChI=1S/C21H20N4O4S/c1-13(19(27)24-15-10-8-14(9-11-15)18(22)26)29-20(28)17-12-23-21(30-2)25(17)16-6-4-3-5-7-16/h3-13H,1-2H3,(H2,22,26)(H,24,27)/t13-/m0/s1. The number of benzene rings is 2. The molecule has 2 amide bonds. The molecule has 3 aromatic rings. The quantitative estimate of drug-likeness (QED) is 0.445. The van der Waals surface area contributed by atoms with Crippen LogP contribution in [0.15, 0.2) is 66.0 Å². The highest BCUT2D eigenvalue weighted by Gasteiger charge is 2.24. The predicted octanol–water partition coefficient (Wildman–Crippen LogP) is 2.88. The van der Waals surface area contributed by atoms with E-state index >= 15 is 0 Å². The molecule has 30 heavy (non-hydrogen) atoms. The fraction of sp³-hybridized carbons (Fsp3) is 0.143.